The van der Waals surface area contributed by atoms with Gasteiger partial charge in [0.25, 0.3) is 0 Å². The smallest absolute Gasteiger partial charge is 0.133 e. The first kappa shape index (κ1) is 14.7. The number of carbonyl (C=O) groups is 4. The minimum Gasteiger partial charge on any atom is -0.303 e. The van der Waals surface area contributed by atoms with E-state index >= 15 is 0 Å². The summed E-state index contributed by atoms with van der Waals surface area (Å²) in [6.07, 6.45) is 6.12. The van der Waals surface area contributed by atoms with Crippen molar-refractivity contribution >= 4 is 24.6 Å². The van der Waals surface area contributed by atoms with Crippen LogP contribution in [0.5, 0.6) is 0 Å². The summed E-state index contributed by atoms with van der Waals surface area (Å²) in [6.45, 7) is 0. The average Bonchev–Trinajstić information content (AvgIpc) is 2.31. The summed E-state index contributed by atoms with van der Waals surface area (Å²) >= 11 is 0. The average molecular weight is 226 g/mol. The Labute approximate surface area is 95.4 Å². The molecule has 4 heteroatoms. The molecule has 0 aromatic heterocycles. The molecular weight excluding hydrogens is 208 g/mol. The van der Waals surface area contributed by atoms with E-state index in [4.69, 9.17) is 0 Å². The van der Waals surface area contributed by atoms with Crippen LogP contribution < -0.4 is 0 Å². The fraction of sp³-hybridized carbons (Fsp3) is 0.667. The van der Waals surface area contributed by atoms with Gasteiger partial charge in [-0.15, -0.1) is 0 Å². The van der Waals surface area contributed by atoms with Crippen LogP contribution in [-0.2, 0) is 19.2 Å². The van der Waals surface area contributed by atoms with Crippen LogP contribution >= 0.6 is 0 Å². The second-order valence-electron chi connectivity index (χ2n) is 3.78. The minimum absolute atomic E-state index is 0.106. The Bertz CT molecular complexity index is 227. The van der Waals surface area contributed by atoms with Gasteiger partial charge in [-0.1, -0.05) is 12.8 Å². The largest absolute Gasteiger partial charge is 0.303 e. The molecule has 0 aliphatic rings. The lowest BCUT2D eigenvalue weighted by Crippen LogP contribution is -2.03. The minimum atomic E-state index is -0.495. The molecular formula is C12H18O4. The van der Waals surface area contributed by atoms with E-state index in [0.29, 0.717) is 38.3 Å². The van der Waals surface area contributed by atoms with Crippen molar-refractivity contribution in [3.8, 4) is 0 Å². The zero-order chi connectivity index (χ0) is 12.2. The molecule has 0 amide bonds. The van der Waals surface area contributed by atoms with Gasteiger partial charge in [0.2, 0.25) is 0 Å². The van der Waals surface area contributed by atoms with E-state index in [1.165, 1.54) is 0 Å². The molecule has 0 N–H and O–H groups in total. The summed E-state index contributed by atoms with van der Waals surface area (Å²) in [5.41, 5.74) is 0. The van der Waals surface area contributed by atoms with E-state index in [9.17, 15) is 19.2 Å². The summed E-state index contributed by atoms with van der Waals surface area (Å²) in [7, 11) is 0. The number of rotatable bonds is 11. The summed E-state index contributed by atoms with van der Waals surface area (Å²) in [4.78, 5) is 41.8. The fourth-order valence-electron chi connectivity index (χ4n) is 1.39. The SMILES string of the molecule is O=CCCC(=O)CCCCCC(C=O)C=O. The van der Waals surface area contributed by atoms with E-state index in [0.717, 1.165) is 25.5 Å². The third kappa shape index (κ3) is 8.03. The summed E-state index contributed by atoms with van der Waals surface area (Å²) < 4.78 is 0. The van der Waals surface area contributed by atoms with Crippen LogP contribution in [0, 0.1) is 5.92 Å². The maximum Gasteiger partial charge on any atom is 0.133 e. The topological polar surface area (TPSA) is 68.3 Å². The monoisotopic (exact) mass is 226 g/mol. The molecule has 4 nitrogen and oxygen atoms in total. The molecule has 0 spiro atoms. The lowest BCUT2D eigenvalue weighted by molar-refractivity contribution is -0.121. The van der Waals surface area contributed by atoms with E-state index in [2.05, 4.69) is 0 Å². The molecule has 0 aliphatic heterocycles. The number of carbonyl (C=O) groups excluding carboxylic acids is 4. The van der Waals surface area contributed by atoms with Crippen molar-refractivity contribution in [3.63, 3.8) is 0 Å². The molecule has 0 rings (SSSR count). The quantitative estimate of drug-likeness (QED) is 0.304. The van der Waals surface area contributed by atoms with Crippen LogP contribution in [0.1, 0.15) is 44.9 Å². The Balaban J connectivity index is 3.38. The van der Waals surface area contributed by atoms with Gasteiger partial charge in [0.1, 0.15) is 24.6 Å². The Morgan fingerprint density at radius 3 is 2.19 bits per heavy atom. The van der Waals surface area contributed by atoms with Crippen molar-refractivity contribution in [2.45, 2.75) is 44.9 Å². The molecule has 0 unspecified atom stereocenters. The molecule has 90 valence electrons. The molecule has 0 aromatic rings. The van der Waals surface area contributed by atoms with E-state index in [1.54, 1.807) is 0 Å². The van der Waals surface area contributed by atoms with Crippen molar-refractivity contribution in [1.82, 2.24) is 0 Å². The maximum absolute atomic E-state index is 11.1. The molecule has 0 saturated carbocycles. The van der Waals surface area contributed by atoms with Gasteiger partial charge in [0.15, 0.2) is 0 Å². The first-order chi connectivity index (χ1) is 7.74. The number of aldehydes is 3. The maximum atomic E-state index is 11.1. The molecule has 0 radical (unpaired) electrons. The third-order valence-electron chi connectivity index (χ3n) is 2.38. The van der Waals surface area contributed by atoms with Gasteiger partial charge >= 0.3 is 0 Å². The Morgan fingerprint density at radius 1 is 0.938 bits per heavy atom. The molecule has 0 aliphatic carbocycles. The van der Waals surface area contributed by atoms with Crippen LogP contribution in [0.2, 0.25) is 0 Å². The van der Waals surface area contributed by atoms with Crippen molar-refractivity contribution in [1.29, 1.82) is 0 Å². The normalized spacial score (nSPS) is 10.1. The van der Waals surface area contributed by atoms with Gasteiger partial charge in [-0.2, -0.15) is 0 Å². The van der Waals surface area contributed by atoms with Crippen molar-refractivity contribution in [2.24, 2.45) is 5.92 Å². The van der Waals surface area contributed by atoms with Crippen LogP contribution in [-0.4, -0.2) is 24.6 Å². The summed E-state index contributed by atoms with van der Waals surface area (Å²) in [5, 5.41) is 0. The van der Waals surface area contributed by atoms with Crippen molar-refractivity contribution < 1.29 is 19.2 Å². The highest BCUT2D eigenvalue weighted by molar-refractivity contribution is 5.80. The molecule has 0 fully saturated rings. The second kappa shape index (κ2) is 10.2. The van der Waals surface area contributed by atoms with E-state index in [1.807, 2.05) is 0 Å². The Hall–Kier alpha value is -1.32. The van der Waals surface area contributed by atoms with Crippen LogP contribution in [0.4, 0.5) is 0 Å². The van der Waals surface area contributed by atoms with Gasteiger partial charge in [-0.05, 0) is 12.8 Å². The highest BCUT2D eigenvalue weighted by Gasteiger charge is 2.05. The van der Waals surface area contributed by atoms with E-state index < -0.39 is 5.92 Å². The molecule has 0 bridgehead atoms. The number of hydrogen-bond donors (Lipinski definition) is 0. The lowest BCUT2D eigenvalue weighted by atomic mass is 10.0. The zero-order valence-electron chi connectivity index (χ0n) is 9.39. The third-order valence-corrected chi connectivity index (χ3v) is 2.38. The van der Waals surface area contributed by atoms with Gasteiger partial charge in [0, 0.05) is 19.3 Å². The molecule has 0 heterocycles. The highest BCUT2D eigenvalue weighted by Crippen LogP contribution is 2.09. The van der Waals surface area contributed by atoms with Gasteiger partial charge in [-0.25, -0.2) is 0 Å². The van der Waals surface area contributed by atoms with E-state index in [-0.39, 0.29) is 5.78 Å². The van der Waals surface area contributed by atoms with Gasteiger partial charge < -0.3 is 14.4 Å². The standard InChI is InChI=1S/C12H18O4/c13-8-4-7-12(16)6-3-1-2-5-11(9-14)10-15/h8-11H,1-7H2. The number of unbranched alkanes of at least 4 members (excludes halogenated alkanes) is 2. The van der Waals surface area contributed by atoms with Crippen molar-refractivity contribution in [3.05, 3.63) is 0 Å². The van der Waals surface area contributed by atoms with Crippen LogP contribution in [0.25, 0.3) is 0 Å². The molecule has 16 heavy (non-hydrogen) atoms. The predicted molar refractivity (Wildman–Crippen MR) is 59.0 cm³/mol. The number of Topliss-reactive ketones (excluding diaryl/α,β-unsaturated/α-hetero) is 1. The summed E-state index contributed by atoms with van der Waals surface area (Å²) in [5.74, 6) is -0.389. The molecule has 0 aromatic carbocycles. The molecule has 0 atom stereocenters. The van der Waals surface area contributed by atoms with Crippen molar-refractivity contribution in [2.75, 3.05) is 0 Å². The summed E-state index contributed by atoms with van der Waals surface area (Å²) in [6, 6.07) is 0. The predicted octanol–water partition coefficient (Wildman–Crippen LogP) is 1.50. The number of ketones is 1. The first-order valence-electron chi connectivity index (χ1n) is 5.60. The number of hydrogen-bond acceptors (Lipinski definition) is 4. The zero-order valence-corrected chi connectivity index (χ0v) is 9.39. The highest BCUT2D eigenvalue weighted by atomic mass is 16.1. The van der Waals surface area contributed by atoms with Gasteiger partial charge in [0.05, 0.1) is 5.92 Å². The van der Waals surface area contributed by atoms with Crippen LogP contribution in [0.15, 0.2) is 0 Å². The van der Waals surface area contributed by atoms with Gasteiger partial charge in [-0.3, -0.25) is 4.79 Å². The molecule has 0 saturated heterocycles. The lowest BCUT2D eigenvalue weighted by Gasteiger charge is -2.02. The Morgan fingerprint density at radius 2 is 1.62 bits per heavy atom. The Kier molecular flexibility index (Phi) is 9.36. The fourth-order valence-corrected chi connectivity index (χ4v) is 1.39. The first-order valence-corrected chi connectivity index (χ1v) is 5.60. The van der Waals surface area contributed by atoms with Crippen LogP contribution in [0.3, 0.4) is 0 Å². The second-order valence-corrected chi connectivity index (χ2v) is 3.78.